The highest BCUT2D eigenvalue weighted by Gasteiger charge is 2.15. The van der Waals surface area contributed by atoms with Crippen LogP contribution in [0.2, 0.25) is 0 Å². The molecule has 0 atom stereocenters. The van der Waals surface area contributed by atoms with Crippen molar-refractivity contribution in [3.63, 3.8) is 0 Å². The number of rotatable bonds is 6. The second-order valence-electron chi connectivity index (χ2n) is 5.43. The summed E-state index contributed by atoms with van der Waals surface area (Å²) in [7, 11) is 1.76. The van der Waals surface area contributed by atoms with Crippen molar-refractivity contribution < 1.29 is 9.18 Å². The largest absolute Gasteiger partial charge is 0.340 e. The number of hydrogen-bond acceptors (Lipinski definition) is 4. The van der Waals surface area contributed by atoms with Crippen LogP contribution in [0.4, 0.5) is 16.0 Å². The smallest absolute Gasteiger partial charge is 0.272 e. The number of hydrogen-bond donors (Lipinski definition) is 1. The summed E-state index contributed by atoms with van der Waals surface area (Å²) >= 11 is 0. The summed E-state index contributed by atoms with van der Waals surface area (Å²) in [5, 5.41) is 2.93. The third-order valence-corrected chi connectivity index (χ3v) is 3.35. The fourth-order valence-electron chi connectivity index (χ4n) is 2.12. The molecule has 2 rings (SSSR count). The van der Waals surface area contributed by atoms with E-state index >= 15 is 0 Å². The summed E-state index contributed by atoms with van der Waals surface area (Å²) in [6.45, 7) is 4.56. The molecule has 0 spiro atoms. The Bertz CT molecular complexity index is 690. The van der Waals surface area contributed by atoms with Crippen molar-refractivity contribution in [2.75, 3.05) is 18.9 Å². The zero-order valence-corrected chi connectivity index (χ0v) is 13.6. The molecule has 0 fully saturated rings. The Hall–Kier alpha value is -2.50. The Morgan fingerprint density at radius 3 is 2.78 bits per heavy atom. The minimum atomic E-state index is -0.349. The predicted octanol–water partition coefficient (Wildman–Crippen LogP) is 3.54. The van der Waals surface area contributed by atoms with Crippen molar-refractivity contribution in [2.24, 2.45) is 0 Å². The molecular weight excluding hydrogens is 295 g/mol. The second-order valence-corrected chi connectivity index (χ2v) is 5.43. The average Bonchev–Trinajstić information content (AvgIpc) is 2.51. The van der Waals surface area contributed by atoms with Crippen LogP contribution in [-0.2, 0) is 0 Å². The van der Waals surface area contributed by atoms with E-state index in [1.165, 1.54) is 12.1 Å². The van der Waals surface area contributed by atoms with E-state index in [0.717, 1.165) is 12.8 Å². The quantitative estimate of drug-likeness (QED) is 0.885. The number of benzene rings is 1. The number of carbonyl (C=O) groups excluding carboxylic acids is 1. The Balaban J connectivity index is 2.20. The van der Waals surface area contributed by atoms with Crippen LogP contribution in [0.25, 0.3) is 0 Å². The highest BCUT2D eigenvalue weighted by Crippen LogP contribution is 2.15. The molecule has 1 aromatic heterocycles. The van der Waals surface area contributed by atoms with E-state index < -0.39 is 0 Å². The van der Waals surface area contributed by atoms with Crippen molar-refractivity contribution >= 4 is 17.5 Å². The van der Waals surface area contributed by atoms with Crippen LogP contribution in [0.1, 0.15) is 35.9 Å². The van der Waals surface area contributed by atoms with Gasteiger partial charge in [-0.3, -0.25) is 4.79 Å². The maximum atomic E-state index is 13.2. The fraction of sp³-hybridized carbons (Fsp3) is 0.353. The summed E-state index contributed by atoms with van der Waals surface area (Å²) in [4.78, 5) is 22.6. The standard InChI is InChI=1S/C17H21FN4O/c1-4-5-9-22(3)16(23)15-10-12(2)19-17(21-15)20-14-8-6-7-13(18)11-14/h6-8,10-11H,4-5,9H2,1-3H3,(H,19,20,21). The zero-order chi connectivity index (χ0) is 16.8. The van der Waals surface area contributed by atoms with Crippen molar-refractivity contribution in [1.29, 1.82) is 0 Å². The molecule has 0 aliphatic heterocycles. The van der Waals surface area contributed by atoms with E-state index in [2.05, 4.69) is 22.2 Å². The Labute approximate surface area is 135 Å². The monoisotopic (exact) mass is 316 g/mol. The molecule has 0 saturated heterocycles. The first kappa shape index (κ1) is 16.9. The van der Waals surface area contributed by atoms with E-state index in [1.807, 2.05) is 0 Å². The normalized spacial score (nSPS) is 10.4. The van der Waals surface area contributed by atoms with Gasteiger partial charge in [-0.25, -0.2) is 14.4 Å². The molecule has 0 unspecified atom stereocenters. The van der Waals surface area contributed by atoms with Crippen molar-refractivity contribution in [3.05, 3.63) is 47.5 Å². The summed E-state index contributed by atoms with van der Waals surface area (Å²) in [6.07, 6.45) is 1.97. The first-order valence-electron chi connectivity index (χ1n) is 7.63. The predicted molar refractivity (Wildman–Crippen MR) is 88.3 cm³/mol. The van der Waals surface area contributed by atoms with Crippen LogP contribution < -0.4 is 5.32 Å². The summed E-state index contributed by atoms with van der Waals surface area (Å²) in [5.41, 5.74) is 1.54. The first-order chi connectivity index (χ1) is 11.0. The van der Waals surface area contributed by atoms with Crippen LogP contribution >= 0.6 is 0 Å². The van der Waals surface area contributed by atoms with Gasteiger partial charge in [-0.2, -0.15) is 0 Å². The average molecular weight is 316 g/mol. The molecule has 0 aliphatic carbocycles. The zero-order valence-electron chi connectivity index (χ0n) is 13.6. The SMILES string of the molecule is CCCCN(C)C(=O)c1cc(C)nc(Nc2cccc(F)c2)n1. The van der Waals surface area contributed by atoms with E-state index in [4.69, 9.17) is 0 Å². The lowest BCUT2D eigenvalue weighted by atomic mass is 10.2. The van der Waals surface area contributed by atoms with Gasteiger partial charge in [-0.05, 0) is 37.6 Å². The van der Waals surface area contributed by atoms with Gasteiger partial charge < -0.3 is 10.2 Å². The third-order valence-electron chi connectivity index (χ3n) is 3.35. The Morgan fingerprint density at radius 2 is 2.09 bits per heavy atom. The number of nitrogens with zero attached hydrogens (tertiary/aromatic N) is 3. The molecule has 2 aromatic rings. The molecule has 1 N–H and O–H groups in total. The number of halogens is 1. The molecule has 1 aromatic carbocycles. The van der Waals surface area contributed by atoms with Crippen molar-refractivity contribution in [1.82, 2.24) is 14.9 Å². The van der Waals surface area contributed by atoms with E-state index in [0.29, 0.717) is 23.6 Å². The van der Waals surface area contributed by atoms with Crippen LogP contribution in [0, 0.1) is 12.7 Å². The van der Waals surface area contributed by atoms with Gasteiger partial charge in [0.15, 0.2) is 0 Å². The minimum absolute atomic E-state index is 0.147. The van der Waals surface area contributed by atoms with Crippen LogP contribution in [-0.4, -0.2) is 34.4 Å². The van der Waals surface area contributed by atoms with Crippen LogP contribution in [0.3, 0.4) is 0 Å². The topological polar surface area (TPSA) is 58.1 Å². The van der Waals surface area contributed by atoms with E-state index in [1.54, 1.807) is 37.1 Å². The second kappa shape index (κ2) is 7.67. The van der Waals surface area contributed by atoms with Gasteiger partial charge in [-0.15, -0.1) is 0 Å². The number of anilines is 2. The molecule has 0 radical (unpaired) electrons. The molecule has 6 heteroatoms. The molecule has 0 saturated carbocycles. The Kier molecular flexibility index (Phi) is 5.62. The first-order valence-corrected chi connectivity index (χ1v) is 7.63. The number of carbonyl (C=O) groups is 1. The minimum Gasteiger partial charge on any atom is -0.340 e. The summed E-state index contributed by atoms with van der Waals surface area (Å²) in [6, 6.07) is 7.67. The van der Waals surface area contributed by atoms with Gasteiger partial charge in [0, 0.05) is 25.0 Å². The summed E-state index contributed by atoms with van der Waals surface area (Å²) in [5.74, 6) is -0.215. The van der Waals surface area contributed by atoms with Gasteiger partial charge in [0.1, 0.15) is 11.5 Å². The highest BCUT2D eigenvalue weighted by atomic mass is 19.1. The number of nitrogens with one attached hydrogen (secondary N) is 1. The number of aryl methyl sites for hydroxylation is 1. The fourth-order valence-corrected chi connectivity index (χ4v) is 2.12. The van der Waals surface area contributed by atoms with Crippen LogP contribution in [0.15, 0.2) is 30.3 Å². The van der Waals surface area contributed by atoms with Crippen molar-refractivity contribution in [3.8, 4) is 0 Å². The van der Waals surface area contributed by atoms with E-state index in [-0.39, 0.29) is 17.7 Å². The van der Waals surface area contributed by atoms with Crippen LogP contribution in [0.5, 0.6) is 0 Å². The maximum Gasteiger partial charge on any atom is 0.272 e. The highest BCUT2D eigenvalue weighted by molar-refractivity contribution is 5.92. The van der Waals surface area contributed by atoms with Gasteiger partial charge >= 0.3 is 0 Å². The molecule has 1 amide bonds. The molecule has 0 bridgehead atoms. The van der Waals surface area contributed by atoms with Gasteiger partial charge in [0.2, 0.25) is 5.95 Å². The molecule has 23 heavy (non-hydrogen) atoms. The number of amides is 1. The van der Waals surface area contributed by atoms with Gasteiger partial charge in [0.05, 0.1) is 0 Å². The lowest BCUT2D eigenvalue weighted by Gasteiger charge is -2.17. The number of unbranched alkanes of at least 4 members (excludes halogenated alkanes) is 1. The van der Waals surface area contributed by atoms with Gasteiger partial charge in [-0.1, -0.05) is 19.4 Å². The molecular formula is C17H21FN4O. The summed E-state index contributed by atoms with van der Waals surface area (Å²) < 4.78 is 13.2. The molecule has 0 aliphatic rings. The Morgan fingerprint density at radius 1 is 1.30 bits per heavy atom. The van der Waals surface area contributed by atoms with Gasteiger partial charge in [0.25, 0.3) is 5.91 Å². The third kappa shape index (κ3) is 4.74. The number of aromatic nitrogens is 2. The molecule has 1 heterocycles. The lowest BCUT2D eigenvalue weighted by molar-refractivity contribution is 0.0787. The molecule has 122 valence electrons. The maximum absolute atomic E-state index is 13.2. The van der Waals surface area contributed by atoms with Crippen molar-refractivity contribution in [2.45, 2.75) is 26.7 Å². The molecule has 5 nitrogen and oxygen atoms in total. The lowest BCUT2D eigenvalue weighted by Crippen LogP contribution is -2.28. The van der Waals surface area contributed by atoms with E-state index in [9.17, 15) is 9.18 Å².